The zero-order chi connectivity index (χ0) is 35.0. The van der Waals surface area contributed by atoms with Gasteiger partial charge in [-0.15, -0.1) is 0 Å². The number of ether oxygens (including phenoxy) is 1. The lowest BCUT2D eigenvalue weighted by atomic mass is 9.85. The van der Waals surface area contributed by atoms with Crippen LogP contribution in [-0.4, -0.2) is 15.0 Å². The molecule has 0 fully saturated rings. The van der Waals surface area contributed by atoms with E-state index in [1.165, 1.54) is 26.9 Å². The van der Waals surface area contributed by atoms with Crippen LogP contribution in [0, 0.1) is 11.3 Å². The maximum atomic E-state index is 9.51. The molecule has 11 rings (SSSR count). The van der Waals surface area contributed by atoms with Gasteiger partial charge in [-0.3, -0.25) is 0 Å². The van der Waals surface area contributed by atoms with Gasteiger partial charge in [0.1, 0.15) is 11.5 Å². The van der Waals surface area contributed by atoms with Gasteiger partial charge in [-0.2, -0.15) is 5.26 Å². The lowest BCUT2D eigenvalue weighted by Crippen LogP contribution is -2.00. The normalized spacial score (nSPS) is 11.9. The lowest BCUT2D eigenvalue weighted by molar-refractivity contribution is 0.487. The van der Waals surface area contributed by atoms with Gasteiger partial charge in [-0.1, -0.05) is 127 Å². The average molecular weight is 675 g/mol. The fourth-order valence-corrected chi connectivity index (χ4v) is 8.09. The molecule has 5 nitrogen and oxygen atoms in total. The summed E-state index contributed by atoms with van der Waals surface area (Å²) in [6.07, 6.45) is 0. The molecule has 0 saturated heterocycles. The van der Waals surface area contributed by atoms with Crippen molar-refractivity contribution in [3.05, 3.63) is 163 Å². The fourth-order valence-electron chi connectivity index (χ4n) is 8.09. The zero-order valence-electron chi connectivity index (χ0n) is 28.2. The monoisotopic (exact) mass is 674 g/mol. The first kappa shape index (κ1) is 29.3. The molecule has 0 N–H and O–H groups in total. The highest BCUT2D eigenvalue weighted by molar-refractivity contribution is 6.28. The highest BCUT2D eigenvalue weighted by Gasteiger charge is 2.24. The summed E-state index contributed by atoms with van der Waals surface area (Å²) in [5, 5.41) is 18.7. The molecule has 9 aromatic carbocycles. The minimum Gasteiger partial charge on any atom is -0.456 e. The Labute approximate surface area is 304 Å². The lowest BCUT2D eigenvalue weighted by Gasteiger charge is -2.23. The van der Waals surface area contributed by atoms with Gasteiger partial charge in [-0.25, -0.2) is 15.0 Å². The summed E-state index contributed by atoms with van der Waals surface area (Å²) in [5.41, 5.74) is 7.82. The molecule has 0 radical (unpaired) electrons. The highest BCUT2D eigenvalue weighted by Crippen LogP contribution is 2.50. The number of hydrogen-bond acceptors (Lipinski definition) is 5. The van der Waals surface area contributed by atoms with Crippen LogP contribution in [-0.2, 0) is 0 Å². The van der Waals surface area contributed by atoms with Crippen molar-refractivity contribution in [3.8, 4) is 74.0 Å². The Morgan fingerprint density at radius 3 is 1.58 bits per heavy atom. The summed E-state index contributed by atoms with van der Waals surface area (Å²) in [4.78, 5) is 15.1. The number of aromatic nitrogens is 3. The van der Waals surface area contributed by atoms with Gasteiger partial charge < -0.3 is 4.74 Å². The van der Waals surface area contributed by atoms with Crippen molar-refractivity contribution in [2.45, 2.75) is 0 Å². The van der Waals surface area contributed by atoms with Gasteiger partial charge in [0, 0.05) is 27.6 Å². The molecular formula is C48H26N4O. The Kier molecular flexibility index (Phi) is 6.25. The van der Waals surface area contributed by atoms with Gasteiger partial charge in [0.25, 0.3) is 0 Å². The van der Waals surface area contributed by atoms with Gasteiger partial charge in [0.2, 0.25) is 0 Å². The zero-order valence-corrected chi connectivity index (χ0v) is 28.2. The van der Waals surface area contributed by atoms with Crippen LogP contribution in [0.3, 0.4) is 0 Å². The van der Waals surface area contributed by atoms with E-state index in [9.17, 15) is 5.26 Å². The van der Waals surface area contributed by atoms with Crippen molar-refractivity contribution in [1.82, 2.24) is 15.0 Å². The molecule has 1 aromatic heterocycles. The Balaban J connectivity index is 1.13. The molecule has 0 spiro atoms. The van der Waals surface area contributed by atoms with Crippen LogP contribution >= 0.6 is 0 Å². The summed E-state index contributed by atoms with van der Waals surface area (Å²) in [6, 6.07) is 56.5. The first-order valence-corrected chi connectivity index (χ1v) is 17.6. The predicted molar refractivity (Wildman–Crippen MR) is 213 cm³/mol. The second-order valence-electron chi connectivity index (χ2n) is 13.5. The van der Waals surface area contributed by atoms with Gasteiger partial charge in [0.05, 0.1) is 11.6 Å². The third-order valence-electron chi connectivity index (χ3n) is 10.5. The van der Waals surface area contributed by atoms with Crippen LogP contribution in [0.2, 0.25) is 0 Å². The summed E-state index contributed by atoms with van der Waals surface area (Å²) < 4.78 is 6.42. The third-order valence-corrected chi connectivity index (χ3v) is 10.5. The smallest absolute Gasteiger partial charge is 0.164 e. The number of benzene rings is 9. The summed E-state index contributed by atoms with van der Waals surface area (Å²) >= 11 is 0. The minimum atomic E-state index is 0.580. The maximum absolute atomic E-state index is 9.51. The van der Waals surface area contributed by atoms with E-state index in [4.69, 9.17) is 19.7 Å². The number of fused-ring (bicyclic) bond motifs is 2. The molecule has 0 bridgehead atoms. The van der Waals surface area contributed by atoms with Crippen molar-refractivity contribution in [2.24, 2.45) is 0 Å². The summed E-state index contributed by atoms with van der Waals surface area (Å²) in [7, 11) is 0. The molecule has 53 heavy (non-hydrogen) atoms. The van der Waals surface area contributed by atoms with E-state index < -0.39 is 0 Å². The van der Waals surface area contributed by atoms with Crippen molar-refractivity contribution in [3.63, 3.8) is 0 Å². The number of hydrogen-bond donors (Lipinski definition) is 0. The molecule has 0 saturated carbocycles. The van der Waals surface area contributed by atoms with Crippen LogP contribution < -0.4 is 4.74 Å². The summed E-state index contributed by atoms with van der Waals surface area (Å²) in [5.74, 6) is 3.43. The molecule has 0 unspecified atom stereocenters. The quantitative estimate of drug-likeness (QED) is 0.174. The Morgan fingerprint density at radius 1 is 0.396 bits per heavy atom. The van der Waals surface area contributed by atoms with Crippen LogP contribution in [0.5, 0.6) is 11.5 Å². The SMILES string of the molecule is N#Cc1ccc2c(c1)Oc1cccc3c(-c4ccc5ccc6c(-c7nc(-c8ccccc8)nc(-c8ccccc8)n7)ccc7ccc4c5c76)ccc-2c13. The molecule has 10 aromatic rings. The standard InChI is InChI=1S/C48H26N4O/c49-27-28-14-19-35-38-25-24-34(36-12-7-13-41(45(36)38)53-42(35)26-28)33-20-15-29-17-22-39-40(23-18-30-16-21-37(33)43(29)44(30)39)48-51-46(31-8-3-1-4-9-31)50-47(52-48)32-10-5-2-6-11-32/h1-26H. The summed E-state index contributed by atoms with van der Waals surface area (Å²) in [6.45, 7) is 0. The van der Waals surface area contributed by atoms with Crippen molar-refractivity contribution in [2.75, 3.05) is 0 Å². The Bertz CT molecular complexity index is 3090. The Morgan fingerprint density at radius 2 is 0.925 bits per heavy atom. The van der Waals surface area contributed by atoms with E-state index in [2.05, 4.69) is 78.9 Å². The second-order valence-corrected chi connectivity index (χ2v) is 13.5. The van der Waals surface area contributed by atoms with Gasteiger partial charge in [0.15, 0.2) is 17.5 Å². The molecule has 0 aliphatic carbocycles. The first-order valence-electron chi connectivity index (χ1n) is 17.6. The predicted octanol–water partition coefficient (Wildman–Crippen LogP) is 12.2. The number of nitrogens with zero attached hydrogens (tertiary/aromatic N) is 4. The van der Waals surface area contributed by atoms with E-state index >= 15 is 0 Å². The van der Waals surface area contributed by atoms with Gasteiger partial charge >= 0.3 is 0 Å². The van der Waals surface area contributed by atoms with Crippen molar-refractivity contribution in [1.29, 1.82) is 5.26 Å². The average Bonchev–Trinajstić information content (AvgIpc) is 3.23. The molecule has 244 valence electrons. The molecule has 5 heteroatoms. The fraction of sp³-hybridized carbons (Fsp3) is 0. The minimum absolute atomic E-state index is 0.580. The largest absolute Gasteiger partial charge is 0.456 e. The second kappa shape index (κ2) is 11.3. The van der Waals surface area contributed by atoms with E-state index in [0.717, 1.165) is 60.9 Å². The van der Waals surface area contributed by atoms with Crippen molar-refractivity contribution < 1.29 is 4.74 Å². The maximum Gasteiger partial charge on any atom is 0.164 e. The Hall–Kier alpha value is -7.42. The molecule has 0 amide bonds. The molecule has 0 atom stereocenters. The van der Waals surface area contributed by atoms with E-state index in [1.54, 1.807) is 0 Å². The topological polar surface area (TPSA) is 71.7 Å². The van der Waals surface area contributed by atoms with Crippen LogP contribution in [0.4, 0.5) is 0 Å². The highest BCUT2D eigenvalue weighted by atomic mass is 16.5. The molecule has 2 heterocycles. The third kappa shape index (κ3) is 4.46. The van der Waals surface area contributed by atoms with E-state index in [0.29, 0.717) is 28.8 Å². The van der Waals surface area contributed by atoms with Crippen molar-refractivity contribution >= 4 is 43.1 Å². The van der Waals surface area contributed by atoms with E-state index in [1.807, 2.05) is 84.9 Å². The van der Waals surface area contributed by atoms with E-state index in [-0.39, 0.29) is 0 Å². The molecule has 1 aliphatic rings. The van der Waals surface area contributed by atoms with Crippen LogP contribution in [0.1, 0.15) is 5.56 Å². The number of rotatable bonds is 4. The molecule has 1 aliphatic heterocycles. The van der Waals surface area contributed by atoms with Crippen LogP contribution in [0.15, 0.2) is 158 Å². The molecular weight excluding hydrogens is 649 g/mol. The van der Waals surface area contributed by atoms with Crippen LogP contribution in [0.25, 0.3) is 99.5 Å². The first-order chi connectivity index (χ1) is 26.2. The number of nitriles is 1. The van der Waals surface area contributed by atoms with Gasteiger partial charge in [-0.05, 0) is 84.7 Å².